The van der Waals surface area contributed by atoms with Gasteiger partial charge >= 0.3 is 0 Å². The number of aliphatic hydroxyl groups is 1. The second-order valence-electron chi connectivity index (χ2n) is 4.25. The first-order valence-electron chi connectivity index (χ1n) is 4.85. The van der Waals surface area contributed by atoms with Gasteiger partial charge in [0.05, 0.1) is 5.60 Å². The lowest BCUT2D eigenvalue weighted by Crippen LogP contribution is -2.45. The van der Waals surface area contributed by atoms with Crippen LogP contribution >= 0.6 is 11.8 Å². The van der Waals surface area contributed by atoms with Crippen molar-refractivity contribution in [3.8, 4) is 0 Å². The summed E-state index contributed by atoms with van der Waals surface area (Å²) in [6.45, 7) is 8.79. The Hall–Kier alpha value is 0.270. The first kappa shape index (κ1) is 13.3. The molecule has 0 heterocycles. The summed E-state index contributed by atoms with van der Waals surface area (Å²) in [4.78, 5) is 0. The molecule has 2 unspecified atom stereocenters. The maximum absolute atomic E-state index is 9.94. The largest absolute Gasteiger partial charge is 0.389 e. The summed E-state index contributed by atoms with van der Waals surface area (Å²) in [5.74, 6) is 1.38. The molecule has 0 aliphatic heterocycles. The van der Waals surface area contributed by atoms with Gasteiger partial charge in [-0.05, 0) is 26.0 Å². The topological polar surface area (TPSA) is 32.3 Å². The molecule has 0 aromatic carbocycles. The summed E-state index contributed by atoms with van der Waals surface area (Å²) in [5.41, 5.74) is -0.591. The van der Waals surface area contributed by atoms with Crippen molar-refractivity contribution in [2.24, 2.45) is 5.92 Å². The molecule has 0 saturated carbocycles. The van der Waals surface area contributed by atoms with Gasteiger partial charge in [0.15, 0.2) is 0 Å². The first-order chi connectivity index (χ1) is 5.90. The molecular weight excluding hydrogens is 182 g/mol. The Balaban J connectivity index is 3.74. The minimum atomic E-state index is -0.591. The Labute approximate surface area is 86.5 Å². The van der Waals surface area contributed by atoms with Crippen LogP contribution in [0.3, 0.4) is 0 Å². The van der Waals surface area contributed by atoms with Gasteiger partial charge in [0, 0.05) is 18.3 Å². The van der Waals surface area contributed by atoms with Gasteiger partial charge in [0.2, 0.25) is 0 Å². The van der Waals surface area contributed by atoms with Gasteiger partial charge < -0.3 is 10.4 Å². The van der Waals surface area contributed by atoms with Gasteiger partial charge in [0.1, 0.15) is 0 Å². The minimum absolute atomic E-state index is 0.293. The Kier molecular flexibility index (Phi) is 6.01. The van der Waals surface area contributed by atoms with Crippen molar-refractivity contribution in [1.82, 2.24) is 5.32 Å². The van der Waals surface area contributed by atoms with Crippen LogP contribution < -0.4 is 5.32 Å². The number of hydrogen-bond acceptors (Lipinski definition) is 3. The van der Waals surface area contributed by atoms with Gasteiger partial charge in [-0.25, -0.2) is 0 Å². The lowest BCUT2D eigenvalue weighted by molar-refractivity contribution is 0.0128. The number of rotatable bonds is 6. The second kappa shape index (κ2) is 5.89. The van der Waals surface area contributed by atoms with Crippen molar-refractivity contribution in [2.45, 2.75) is 39.3 Å². The highest BCUT2D eigenvalue weighted by Gasteiger charge is 2.24. The second-order valence-corrected chi connectivity index (χ2v) is 5.16. The molecule has 0 fully saturated rings. The molecule has 2 N–H and O–H groups in total. The smallest absolute Gasteiger partial charge is 0.0766 e. The third kappa shape index (κ3) is 5.55. The van der Waals surface area contributed by atoms with E-state index in [2.05, 4.69) is 18.5 Å². The van der Waals surface area contributed by atoms with Crippen molar-refractivity contribution < 1.29 is 5.11 Å². The van der Waals surface area contributed by atoms with Crippen molar-refractivity contribution in [3.05, 3.63) is 0 Å². The maximum atomic E-state index is 9.94. The van der Waals surface area contributed by atoms with Crippen LogP contribution in [0.1, 0.15) is 27.7 Å². The summed E-state index contributed by atoms with van der Waals surface area (Å²) < 4.78 is 0. The van der Waals surface area contributed by atoms with Crippen LogP contribution in [0.4, 0.5) is 0 Å². The van der Waals surface area contributed by atoms with Crippen molar-refractivity contribution in [1.29, 1.82) is 0 Å². The van der Waals surface area contributed by atoms with Crippen molar-refractivity contribution in [2.75, 3.05) is 18.6 Å². The molecule has 0 aromatic rings. The van der Waals surface area contributed by atoms with Gasteiger partial charge in [-0.3, -0.25) is 0 Å². The molecule has 13 heavy (non-hydrogen) atoms. The quantitative estimate of drug-likeness (QED) is 0.693. The van der Waals surface area contributed by atoms with Crippen LogP contribution in [0.2, 0.25) is 0 Å². The molecule has 0 aromatic heterocycles. The normalized spacial score (nSPS) is 18.7. The molecule has 3 heteroatoms. The fourth-order valence-electron chi connectivity index (χ4n) is 0.894. The summed E-state index contributed by atoms with van der Waals surface area (Å²) in [7, 11) is 0. The fraction of sp³-hybridized carbons (Fsp3) is 1.00. The zero-order valence-corrected chi connectivity index (χ0v) is 10.2. The van der Waals surface area contributed by atoms with Crippen molar-refractivity contribution in [3.63, 3.8) is 0 Å². The molecular formula is C10H23NOS. The van der Waals surface area contributed by atoms with Gasteiger partial charge in [0.25, 0.3) is 0 Å². The van der Waals surface area contributed by atoms with Gasteiger partial charge in [-0.1, -0.05) is 13.8 Å². The molecule has 0 aliphatic carbocycles. The molecule has 0 radical (unpaired) electrons. The van der Waals surface area contributed by atoms with Crippen LogP contribution in [0.25, 0.3) is 0 Å². The SMILES string of the molecule is CSCC(C)NCC(C)(O)C(C)C. The molecule has 2 nitrogen and oxygen atoms in total. The Morgan fingerprint density at radius 1 is 1.38 bits per heavy atom. The Morgan fingerprint density at radius 3 is 2.31 bits per heavy atom. The van der Waals surface area contributed by atoms with E-state index in [0.717, 1.165) is 5.75 Å². The fourth-order valence-corrected chi connectivity index (χ4v) is 1.51. The van der Waals surface area contributed by atoms with Gasteiger partial charge in [-0.15, -0.1) is 0 Å². The van der Waals surface area contributed by atoms with E-state index in [0.29, 0.717) is 18.5 Å². The molecule has 0 aliphatic rings. The standard InChI is InChI=1S/C10H23NOS/c1-8(2)10(4,12)7-11-9(3)6-13-5/h8-9,11-12H,6-7H2,1-5H3. The van der Waals surface area contributed by atoms with Crippen LogP contribution in [0.15, 0.2) is 0 Å². The number of thioether (sulfide) groups is 1. The Bertz CT molecular complexity index is 137. The summed E-state index contributed by atoms with van der Waals surface area (Å²) in [6, 6.07) is 0.472. The predicted molar refractivity (Wildman–Crippen MR) is 61.3 cm³/mol. The lowest BCUT2D eigenvalue weighted by atomic mass is 9.92. The monoisotopic (exact) mass is 205 g/mol. The van der Waals surface area contributed by atoms with E-state index in [1.54, 1.807) is 0 Å². The molecule has 2 atom stereocenters. The van der Waals surface area contributed by atoms with E-state index in [9.17, 15) is 5.11 Å². The average Bonchev–Trinajstić information content (AvgIpc) is 2.01. The summed E-state index contributed by atoms with van der Waals surface area (Å²) >= 11 is 1.82. The maximum Gasteiger partial charge on any atom is 0.0766 e. The van der Waals surface area contributed by atoms with E-state index in [-0.39, 0.29) is 0 Å². The number of hydrogen-bond donors (Lipinski definition) is 2. The molecule has 0 spiro atoms. The zero-order chi connectivity index (χ0) is 10.5. The highest BCUT2D eigenvalue weighted by molar-refractivity contribution is 7.98. The molecule has 0 rings (SSSR count). The summed E-state index contributed by atoms with van der Waals surface area (Å²) in [5, 5.41) is 13.3. The van der Waals surface area contributed by atoms with Crippen molar-refractivity contribution >= 4 is 11.8 Å². The minimum Gasteiger partial charge on any atom is -0.389 e. The summed E-state index contributed by atoms with van der Waals surface area (Å²) in [6.07, 6.45) is 2.10. The van der Waals surface area contributed by atoms with E-state index < -0.39 is 5.60 Å². The van der Waals surface area contributed by atoms with E-state index in [1.165, 1.54) is 0 Å². The number of nitrogens with one attached hydrogen (secondary N) is 1. The van der Waals surface area contributed by atoms with Crippen LogP contribution in [0.5, 0.6) is 0 Å². The highest BCUT2D eigenvalue weighted by atomic mass is 32.2. The molecule has 0 saturated heterocycles. The average molecular weight is 205 g/mol. The van der Waals surface area contributed by atoms with Gasteiger partial charge in [-0.2, -0.15) is 11.8 Å². The van der Waals surface area contributed by atoms with Crippen LogP contribution in [-0.4, -0.2) is 35.3 Å². The third-order valence-corrected chi connectivity index (χ3v) is 3.30. The predicted octanol–water partition coefficient (Wildman–Crippen LogP) is 1.73. The molecule has 80 valence electrons. The van der Waals surface area contributed by atoms with E-state index in [1.807, 2.05) is 32.5 Å². The van der Waals surface area contributed by atoms with Crippen LogP contribution in [-0.2, 0) is 0 Å². The van der Waals surface area contributed by atoms with Crippen LogP contribution in [0, 0.1) is 5.92 Å². The van der Waals surface area contributed by atoms with E-state index in [4.69, 9.17) is 0 Å². The molecule has 0 amide bonds. The zero-order valence-electron chi connectivity index (χ0n) is 9.42. The van der Waals surface area contributed by atoms with E-state index >= 15 is 0 Å². The molecule has 0 bridgehead atoms. The first-order valence-corrected chi connectivity index (χ1v) is 6.24. The Morgan fingerprint density at radius 2 is 1.92 bits per heavy atom. The lowest BCUT2D eigenvalue weighted by Gasteiger charge is -2.29. The third-order valence-electron chi connectivity index (χ3n) is 2.47. The highest BCUT2D eigenvalue weighted by Crippen LogP contribution is 2.14.